The molecule has 0 atom stereocenters. The largest absolute Gasteiger partial charge is 0.494 e. The van der Waals surface area contributed by atoms with Gasteiger partial charge in [0, 0.05) is 47.2 Å². The smallest absolute Gasteiger partial charge is 0.120 e. The zero-order chi connectivity index (χ0) is 16.4. The van der Waals surface area contributed by atoms with Crippen molar-refractivity contribution in [2.24, 2.45) is 0 Å². The highest BCUT2D eigenvalue weighted by atomic mass is 32.1. The number of fused-ring (bicyclic) bond motifs is 1. The van der Waals surface area contributed by atoms with Crippen LogP contribution in [0.15, 0.2) is 48.0 Å². The minimum atomic E-state index is 0.700. The molecule has 0 fully saturated rings. The molecule has 0 unspecified atom stereocenters. The average molecular weight is 338 g/mol. The molecule has 0 aliphatic carbocycles. The fourth-order valence-electron chi connectivity index (χ4n) is 3.34. The Bertz CT molecular complexity index is 848. The molecule has 0 bridgehead atoms. The highest BCUT2D eigenvalue weighted by Crippen LogP contribution is 2.32. The number of benzene rings is 1. The maximum atomic E-state index is 5.66. The number of hydrogen-bond donors (Lipinski definition) is 1. The molecule has 24 heavy (non-hydrogen) atoms. The fourth-order valence-corrected chi connectivity index (χ4v) is 4.09. The van der Waals surface area contributed by atoms with Gasteiger partial charge in [-0.05, 0) is 48.6 Å². The van der Waals surface area contributed by atoms with E-state index in [-0.39, 0.29) is 0 Å². The molecule has 1 aromatic carbocycles. The third-order valence-electron chi connectivity index (χ3n) is 4.56. The normalized spacial score (nSPS) is 15.6. The molecule has 4 heteroatoms. The van der Waals surface area contributed by atoms with E-state index in [0.717, 1.165) is 31.8 Å². The van der Waals surface area contributed by atoms with Gasteiger partial charge in [0.2, 0.25) is 0 Å². The topological polar surface area (TPSA) is 28.3 Å². The van der Waals surface area contributed by atoms with Crippen molar-refractivity contribution in [3.63, 3.8) is 0 Å². The van der Waals surface area contributed by atoms with Crippen LogP contribution in [-0.2, 0) is 6.54 Å². The number of hydrogen-bond acceptors (Lipinski definition) is 3. The summed E-state index contributed by atoms with van der Waals surface area (Å²) < 4.78 is 5.66. The first-order valence-electron chi connectivity index (χ1n) is 8.51. The van der Waals surface area contributed by atoms with Gasteiger partial charge >= 0.3 is 0 Å². The maximum Gasteiger partial charge on any atom is 0.120 e. The quantitative estimate of drug-likeness (QED) is 0.715. The van der Waals surface area contributed by atoms with E-state index in [0.29, 0.717) is 6.61 Å². The van der Waals surface area contributed by atoms with E-state index in [4.69, 9.17) is 4.74 Å². The van der Waals surface area contributed by atoms with Gasteiger partial charge in [0.05, 0.1) is 6.61 Å². The predicted molar refractivity (Wildman–Crippen MR) is 102 cm³/mol. The Kier molecular flexibility index (Phi) is 4.41. The van der Waals surface area contributed by atoms with Gasteiger partial charge in [0.25, 0.3) is 0 Å². The fraction of sp³-hybridized carbons (Fsp3) is 0.300. The highest BCUT2D eigenvalue weighted by Gasteiger charge is 2.16. The molecule has 3 aromatic rings. The summed E-state index contributed by atoms with van der Waals surface area (Å²) in [6.07, 6.45) is 5.62. The van der Waals surface area contributed by atoms with Crippen LogP contribution in [0, 0.1) is 0 Å². The molecule has 124 valence electrons. The van der Waals surface area contributed by atoms with Crippen molar-refractivity contribution in [2.75, 3.05) is 19.7 Å². The lowest BCUT2D eigenvalue weighted by atomic mass is 9.99. The van der Waals surface area contributed by atoms with Crippen LogP contribution in [0.1, 0.15) is 23.8 Å². The van der Waals surface area contributed by atoms with Gasteiger partial charge in [-0.3, -0.25) is 4.90 Å². The first kappa shape index (κ1) is 15.5. The molecule has 1 aliphatic heterocycles. The third-order valence-corrected chi connectivity index (χ3v) is 5.42. The van der Waals surface area contributed by atoms with Gasteiger partial charge in [-0.1, -0.05) is 12.1 Å². The second-order valence-corrected chi connectivity index (χ2v) is 7.17. The summed E-state index contributed by atoms with van der Waals surface area (Å²) in [4.78, 5) is 7.35. The Morgan fingerprint density at radius 1 is 1.29 bits per heavy atom. The van der Waals surface area contributed by atoms with Crippen molar-refractivity contribution in [3.05, 3.63) is 58.4 Å². The van der Waals surface area contributed by atoms with E-state index in [1.165, 1.54) is 26.9 Å². The molecule has 1 N–H and O–H groups in total. The minimum absolute atomic E-state index is 0.700. The first-order chi connectivity index (χ1) is 11.8. The average Bonchev–Trinajstić information content (AvgIpc) is 3.25. The molecule has 0 saturated heterocycles. The molecule has 3 heterocycles. The highest BCUT2D eigenvalue weighted by molar-refractivity contribution is 7.09. The minimum Gasteiger partial charge on any atom is -0.494 e. The van der Waals surface area contributed by atoms with E-state index in [9.17, 15) is 0 Å². The maximum absolute atomic E-state index is 5.66. The van der Waals surface area contributed by atoms with Gasteiger partial charge in [-0.25, -0.2) is 0 Å². The van der Waals surface area contributed by atoms with Gasteiger partial charge in [-0.15, -0.1) is 11.3 Å². The van der Waals surface area contributed by atoms with E-state index < -0.39 is 0 Å². The van der Waals surface area contributed by atoms with Gasteiger partial charge in [0.15, 0.2) is 0 Å². The summed E-state index contributed by atoms with van der Waals surface area (Å²) in [6.45, 7) is 5.91. The summed E-state index contributed by atoms with van der Waals surface area (Å²) in [5.74, 6) is 0.946. The van der Waals surface area contributed by atoms with E-state index in [1.807, 2.05) is 24.3 Å². The van der Waals surface area contributed by atoms with Gasteiger partial charge in [0.1, 0.15) is 5.75 Å². The Hall–Kier alpha value is -2.04. The van der Waals surface area contributed by atoms with E-state index in [1.54, 1.807) is 0 Å². The van der Waals surface area contributed by atoms with Crippen molar-refractivity contribution < 1.29 is 4.74 Å². The van der Waals surface area contributed by atoms with Gasteiger partial charge in [-0.2, -0.15) is 0 Å². The molecular weight excluding hydrogens is 316 g/mol. The Morgan fingerprint density at radius 3 is 3.00 bits per heavy atom. The van der Waals surface area contributed by atoms with Crippen LogP contribution in [0.3, 0.4) is 0 Å². The summed E-state index contributed by atoms with van der Waals surface area (Å²) in [7, 11) is 0. The zero-order valence-electron chi connectivity index (χ0n) is 13.9. The Balaban J connectivity index is 1.54. The summed E-state index contributed by atoms with van der Waals surface area (Å²) in [5, 5.41) is 3.42. The number of thiophene rings is 1. The molecule has 4 rings (SSSR count). The lowest BCUT2D eigenvalue weighted by Crippen LogP contribution is -2.27. The summed E-state index contributed by atoms with van der Waals surface area (Å²) >= 11 is 1.84. The predicted octanol–water partition coefficient (Wildman–Crippen LogP) is 4.92. The van der Waals surface area contributed by atoms with Crippen LogP contribution in [0.5, 0.6) is 5.75 Å². The zero-order valence-corrected chi connectivity index (χ0v) is 14.7. The number of H-pyrrole nitrogens is 1. The van der Waals surface area contributed by atoms with Crippen molar-refractivity contribution in [2.45, 2.75) is 19.9 Å². The number of nitrogens with one attached hydrogen (secondary N) is 1. The third kappa shape index (κ3) is 3.12. The van der Waals surface area contributed by atoms with Crippen molar-refractivity contribution in [1.82, 2.24) is 9.88 Å². The summed E-state index contributed by atoms with van der Waals surface area (Å²) in [5.41, 5.74) is 3.94. The van der Waals surface area contributed by atoms with Crippen LogP contribution >= 0.6 is 11.3 Å². The number of aromatic nitrogens is 1. The van der Waals surface area contributed by atoms with Crippen LogP contribution < -0.4 is 4.74 Å². The molecule has 1 aliphatic rings. The van der Waals surface area contributed by atoms with Crippen LogP contribution in [0.25, 0.3) is 16.5 Å². The summed E-state index contributed by atoms with van der Waals surface area (Å²) in [6, 6.07) is 10.6. The SMILES string of the molecule is CCOc1ccc2[nH]cc(C3=CCN(Cc4cccs4)CC3)c2c1. The Labute approximate surface area is 146 Å². The van der Waals surface area contributed by atoms with Crippen molar-refractivity contribution in [1.29, 1.82) is 0 Å². The first-order valence-corrected chi connectivity index (χ1v) is 9.39. The second-order valence-electron chi connectivity index (χ2n) is 6.14. The molecule has 2 aromatic heterocycles. The lowest BCUT2D eigenvalue weighted by molar-refractivity contribution is 0.296. The standard InChI is InChI=1S/C20H22N2OS/c1-2-23-16-5-6-20-18(12-16)19(13-21-20)15-7-9-22(10-8-15)14-17-4-3-11-24-17/h3-7,11-13,21H,2,8-10,14H2,1H3. The molecule has 0 radical (unpaired) electrons. The van der Waals surface area contributed by atoms with Gasteiger partial charge < -0.3 is 9.72 Å². The Morgan fingerprint density at radius 2 is 2.25 bits per heavy atom. The van der Waals surface area contributed by atoms with E-state index in [2.05, 4.69) is 51.8 Å². The van der Waals surface area contributed by atoms with Crippen LogP contribution in [-0.4, -0.2) is 29.6 Å². The molecular formula is C20H22N2OS. The molecule has 0 saturated carbocycles. The lowest BCUT2D eigenvalue weighted by Gasteiger charge is -2.25. The number of nitrogens with zero attached hydrogens (tertiary/aromatic N) is 1. The molecule has 3 nitrogen and oxygen atoms in total. The van der Waals surface area contributed by atoms with E-state index >= 15 is 0 Å². The number of aromatic amines is 1. The molecule has 0 amide bonds. The number of rotatable bonds is 5. The van der Waals surface area contributed by atoms with Crippen molar-refractivity contribution >= 4 is 27.8 Å². The second kappa shape index (κ2) is 6.83. The monoisotopic (exact) mass is 338 g/mol. The van der Waals surface area contributed by atoms with Crippen LogP contribution in [0.4, 0.5) is 0 Å². The van der Waals surface area contributed by atoms with Crippen molar-refractivity contribution in [3.8, 4) is 5.75 Å². The molecule has 0 spiro atoms. The van der Waals surface area contributed by atoms with Crippen LogP contribution in [0.2, 0.25) is 0 Å². The number of ether oxygens (including phenoxy) is 1.